The molecule has 0 aliphatic carbocycles. The molecule has 1 aliphatic heterocycles. The van der Waals surface area contributed by atoms with Crippen LogP contribution in [0.1, 0.15) is 26.7 Å². The van der Waals surface area contributed by atoms with Crippen LogP contribution in [0.3, 0.4) is 0 Å². The normalized spacial score (nSPS) is 28.5. The van der Waals surface area contributed by atoms with E-state index in [9.17, 15) is 0 Å². The van der Waals surface area contributed by atoms with Gasteiger partial charge in [-0.3, -0.25) is 0 Å². The molecule has 0 unspecified atom stereocenters. The topological polar surface area (TPSA) is 15.3 Å². The molecule has 0 aromatic rings. The number of hydrogen-bond acceptors (Lipinski definition) is 2. The van der Waals surface area contributed by atoms with Crippen molar-refractivity contribution in [1.29, 1.82) is 0 Å². The predicted octanol–water partition coefficient (Wildman–Crippen LogP) is 1.33. The summed E-state index contributed by atoms with van der Waals surface area (Å²) in [5.41, 5.74) is 0. The van der Waals surface area contributed by atoms with E-state index in [-0.39, 0.29) is 0 Å². The summed E-state index contributed by atoms with van der Waals surface area (Å²) in [6.45, 7) is 8.28. The maximum absolute atomic E-state index is 3.61. The van der Waals surface area contributed by atoms with E-state index >= 15 is 0 Å². The van der Waals surface area contributed by atoms with Crippen molar-refractivity contribution >= 4 is 0 Å². The van der Waals surface area contributed by atoms with Crippen LogP contribution in [0.15, 0.2) is 0 Å². The molecule has 1 heterocycles. The summed E-state index contributed by atoms with van der Waals surface area (Å²) in [7, 11) is 2.22. The van der Waals surface area contributed by atoms with Gasteiger partial charge in [0.15, 0.2) is 0 Å². The average molecular weight is 170 g/mol. The molecule has 0 saturated carbocycles. The largest absolute Gasteiger partial charge is 0.312 e. The van der Waals surface area contributed by atoms with Crippen molar-refractivity contribution in [3.8, 4) is 0 Å². The molecule has 0 aromatic carbocycles. The van der Waals surface area contributed by atoms with Crippen molar-refractivity contribution in [2.24, 2.45) is 5.92 Å². The third-order valence-electron chi connectivity index (χ3n) is 2.69. The lowest BCUT2D eigenvalue weighted by atomic mass is 10.0. The van der Waals surface area contributed by atoms with Crippen LogP contribution < -0.4 is 5.32 Å². The fourth-order valence-corrected chi connectivity index (χ4v) is 1.73. The van der Waals surface area contributed by atoms with Crippen molar-refractivity contribution < 1.29 is 0 Å². The Hall–Kier alpha value is -0.0800. The van der Waals surface area contributed by atoms with Gasteiger partial charge in [-0.25, -0.2) is 0 Å². The summed E-state index contributed by atoms with van der Waals surface area (Å²) in [5.74, 6) is 0.755. The molecule has 1 aliphatic rings. The molecule has 0 aromatic heterocycles. The van der Waals surface area contributed by atoms with Crippen molar-refractivity contribution in [1.82, 2.24) is 10.2 Å². The van der Waals surface area contributed by atoms with E-state index in [2.05, 4.69) is 31.1 Å². The molecule has 1 rings (SSSR count). The summed E-state index contributed by atoms with van der Waals surface area (Å²) < 4.78 is 0. The van der Waals surface area contributed by atoms with Gasteiger partial charge in [0.25, 0.3) is 0 Å². The molecule has 72 valence electrons. The number of rotatable bonds is 1. The van der Waals surface area contributed by atoms with Crippen molar-refractivity contribution in [2.75, 3.05) is 26.7 Å². The zero-order chi connectivity index (χ0) is 8.97. The highest BCUT2D eigenvalue weighted by Gasteiger charge is 2.16. The Balaban J connectivity index is 2.38. The van der Waals surface area contributed by atoms with Crippen molar-refractivity contribution in [3.63, 3.8) is 0 Å². The van der Waals surface area contributed by atoms with E-state index in [0.717, 1.165) is 5.92 Å². The second-order valence-electron chi connectivity index (χ2n) is 4.27. The fourth-order valence-electron chi connectivity index (χ4n) is 1.73. The van der Waals surface area contributed by atoms with E-state index in [0.29, 0.717) is 6.04 Å². The summed E-state index contributed by atoms with van der Waals surface area (Å²) in [4.78, 5) is 2.44. The second kappa shape index (κ2) is 4.83. The molecule has 2 nitrogen and oxygen atoms in total. The highest BCUT2D eigenvalue weighted by atomic mass is 15.1. The Morgan fingerprint density at radius 2 is 2.08 bits per heavy atom. The SMILES string of the molecule is CC(C)[C@H]1CN(C)CCCCN1. The monoisotopic (exact) mass is 170 g/mol. The number of nitrogens with zero attached hydrogens (tertiary/aromatic N) is 1. The molecule has 1 N–H and O–H groups in total. The van der Waals surface area contributed by atoms with Gasteiger partial charge >= 0.3 is 0 Å². The Morgan fingerprint density at radius 3 is 2.75 bits per heavy atom. The Labute approximate surface area is 76.3 Å². The standard InChI is InChI=1S/C10H22N2/c1-9(2)10-8-12(3)7-5-4-6-11-10/h9-11H,4-8H2,1-3H3/t10-/m1/s1. The van der Waals surface area contributed by atoms with Crippen molar-refractivity contribution in [3.05, 3.63) is 0 Å². The zero-order valence-corrected chi connectivity index (χ0v) is 8.64. The molecule has 12 heavy (non-hydrogen) atoms. The van der Waals surface area contributed by atoms with E-state index in [4.69, 9.17) is 0 Å². The van der Waals surface area contributed by atoms with Crippen molar-refractivity contribution in [2.45, 2.75) is 32.7 Å². The zero-order valence-electron chi connectivity index (χ0n) is 8.64. The van der Waals surface area contributed by atoms with Crippen LogP contribution in [0.5, 0.6) is 0 Å². The highest BCUT2D eigenvalue weighted by molar-refractivity contribution is 4.75. The van der Waals surface area contributed by atoms with Gasteiger partial charge in [-0.1, -0.05) is 13.8 Å². The van der Waals surface area contributed by atoms with Gasteiger partial charge in [0, 0.05) is 12.6 Å². The van der Waals surface area contributed by atoms with Gasteiger partial charge in [-0.05, 0) is 38.9 Å². The van der Waals surface area contributed by atoms with Crippen LogP contribution >= 0.6 is 0 Å². The number of hydrogen-bond donors (Lipinski definition) is 1. The maximum atomic E-state index is 3.61. The molecule has 1 atom stereocenters. The second-order valence-corrected chi connectivity index (χ2v) is 4.27. The van der Waals surface area contributed by atoms with Crippen LogP contribution in [0.25, 0.3) is 0 Å². The van der Waals surface area contributed by atoms with Crippen LogP contribution in [0, 0.1) is 5.92 Å². The van der Waals surface area contributed by atoms with Gasteiger partial charge in [0.05, 0.1) is 0 Å². The molecule has 0 amide bonds. The lowest BCUT2D eigenvalue weighted by Gasteiger charge is -2.30. The first-order chi connectivity index (χ1) is 5.70. The molecular weight excluding hydrogens is 148 g/mol. The van der Waals surface area contributed by atoms with E-state index in [1.807, 2.05) is 0 Å². The minimum atomic E-state index is 0.690. The van der Waals surface area contributed by atoms with E-state index < -0.39 is 0 Å². The van der Waals surface area contributed by atoms with Gasteiger partial charge in [0.1, 0.15) is 0 Å². The maximum Gasteiger partial charge on any atom is 0.0217 e. The lowest BCUT2D eigenvalue weighted by Crippen LogP contribution is -2.45. The smallest absolute Gasteiger partial charge is 0.0217 e. The van der Waals surface area contributed by atoms with Crippen LogP contribution in [0.2, 0.25) is 0 Å². The van der Waals surface area contributed by atoms with Gasteiger partial charge < -0.3 is 10.2 Å². The van der Waals surface area contributed by atoms with Crippen LogP contribution in [0.4, 0.5) is 0 Å². The van der Waals surface area contributed by atoms with Gasteiger partial charge in [-0.2, -0.15) is 0 Å². The quantitative estimate of drug-likeness (QED) is 0.638. The van der Waals surface area contributed by atoms with E-state index in [1.165, 1.54) is 32.5 Å². The lowest BCUT2D eigenvalue weighted by molar-refractivity contribution is 0.232. The summed E-state index contributed by atoms with van der Waals surface area (Å²) in [6.07, 6.45) is 2.67. The van der Waals surface area contributed by atoms with E-state index in [1.54, 1.807) is 0 Å². The van der Waals surface area contributed by atoms with Crippen LogP contribution in [-0.2, 0) is 0 Å². The molecule has 2 heteroatoms. The molecular formula is C10H22N2. The Kier molecular flexibility index (Phi) is 4.02. The molecule has 1 saturated heterocycles. The predicted molar refractivity (Wildman–Crippen MR) is 53.4 cm³/mol. The first kappa shape index (κ1) is 10.0. The minimum absolute atomic E-state index is 0.690. The first-order valence-electron chi connectivity index (χ1n) is 5.12. The third kappa shape index (κ3) is 3.11. The molecule has 1 fully saturated rings. The Morgan fingerprint density at radius 1 is 1.33 bits per heavy atom. The number of likely N-dealkylation sites (N-methyl/N-ethyl adjacent to an activating group) is 1. The summed E-state index contributed by atoms with van der Waals surface area (Å²) in [5, 5.41) is 3.61. The number of nitrogens with one attached hydrogen (secondary N) is 1. The molecule has 0 bridgehead atoms. The molecule has 0 spiro atoms. The first-order valence-corrected chi connectivity index (χ1v) is 5.12. The summed E-state index contributed by atoms with van der Waals surface area (Å²) >= 11 is 0. The third-order valence-corrected chi connectivity index (χ3v) is 2.69. The highest BCUT2D eigenvalue weighted by Crippen LogP contribution is 2.06. The Bertz CT molecular complexity index is 123. The summed E-state index contributed by atoms with van der Waals surface area (Å²) in [6, 6.07) is 0.690. The van der Waals surface area contributed by atoms with Gasteiger partial charge in [0.2, 0.25) is 0 Å². The van der Waals surface area contributed by atoms with Crippen LogP contribution in [-0.4, -0.2) is 37.6 Å². The fraction of sp³-hybridized carbons (Fsp3) is 1.00. The molecule has 0 radical (unpaired) electrons. The minimum Gasteiger partial charge on any atom is -0.312 e. The van der Waals surface area contributed by atoms with Gasteiger partial charge in [-0.15, -0.1) is 0 Å². The average Bonchev–Trinajstić information content (AvgIpc) is 1.95.